The summed E-state index contributed by atoms with van der Waals surface area (Å²) in [5.41, 5.74) is 0.866. The van der Waals surface area contributed by atoms with Crippen LogP contribution < -0.4 is 9.47 Å². The van der Waals surface area contributed by atoms with Crippen molar-refractivity contribution in [3.05, 3.63) is 23.8 Å². The van der Waals surface area contributed by atoms with Gasteiger partial charge in [-0.3, -0.25) is 0 Å². The Kier molecular flexibility index (Phi) is 5.98. The van der Waals surface area contributed by atoms with Gasteiger partial charge in [0.15, 0.2) is 11.5 Å². The smallest absolute Gasteiger partial charge is 0.162 e. The molecule has 0 aromatic heterocycles. The highest BCUT2D eigenvalue weighted by Crippen LogP contribution is 2.28. The lowest BCUT2D eigenvalue weighted by atomic mass is 10.2. The number of hydrogen-bond donors (Lipinski definition) is 1. The molecule has 0 aliphatic heterocycles. The molecule has 0 saturated carbocycles. The quantitative estimate of drug-likeness (QED) is 0.794. The summed E-state index contributed by atoms with van der Waals surface area (Å²) in [6.45, 7) is 5.15. The van der Waals surface area contributed by atoms with Gasteiger partial charge in [0.1, 0.15) is 0 Å². The Hall–Kier alpha value is -1.66. The number of aliphatic hydroxyl groups excluding tert-OH is 1. The molecule has 0 bridgehead atoms. The van der Waals surface area contributed by atoms with Crippen molar-refractivity contribution in [1.29, 1.82) is 0 Å². The summed E-state index contributed by atoms with van der Waals surface area (Å²) in [7, 11) is 0. The van der Waals surface area contributed by atoms with Gasteiger partial charge in [0.25, 0.3) is 0 Å². The molecule has 0 unspecified atom stereocenters. The lowest BCUT2D eigenvalue weighted by molar-refractivity contribution is 0.287. The SMILES string of the molecule is CCOc1ccc(C#CCCO)cc1OCC. The summed E-state index contributed by atoms with van der Waals surface area (Å²) in [5.74, 6) is 7.30. The Morgan fingerprint density at radius 1 is 1.12 bits per heavy atom. The Bertz CT molecular complexity index is 402. The summed E-state index contributed by atoms with van der Waals surface area (Å²) in [4.78, 5) is 0. The number of hydrogen-bond acceptors (Lipinski definition) is 3. The summed E-state index contributed by atoms with van der Waals surface area (Å²) in [6, 6.07) is 5.61. The van der Waals surface area contributed by atoms with Crippen LogP contribution in [0, 0.1) is 11.8 Å². The van der Waals surface area contributed by atoms with E-state index in [4.69, 9.17) is 14.6 Å². The standard InChI is InChI=1S/C14H18O3/c1-3-16-13-9-8-12(7-5-6-10-15)11-14(13)17-4-2/h8-9,11,15H,3-4,6,10H2,1-2H3. The van der Waals surface area contributed by atoms with Crippen molar-refractivity contribution in [3.8, 4) is 23.3 Å². The second-order valence-electron chi connectivity index (χ2n) is 3.30. The van der Waals surface area contributed by atoms with Gasteiger partial charge in [0, 0.05) is 12.0 Å². The molecule has 1 rings (SSSR count). The lowest BCUT2D eigenvalue weighted by Crippen LogP contribution is -1.98. The van der Waals surface area contributed by atoms with Crippen molar-refractivity contribution in [3.63, 3.8) is 0 Å². The van der Waals surface area contributed by atoms with Gasteiger partial charge in [-0.25, -0.2) is 0 Å². The second-order valence-corrected chi connectivity index (χ2v) is 3.30. The molecule has 92 valence electrons. The van der Waals surface area contributed by atoms with Crippen molar-refractivity contribution in [2.24, 2.45) is 0 Å². The Labute approximate surface area is 102 Å². The number of benzene rings is 1. The summed E-state index contributed by atoms with van der Waals surface area (Å²) in [5, 5.41) is 8.65. The van der Waals surface area contributed by atoms with Crippen LogP contribution in [0.5, 0.6) is 11.5 Å². The van der Waals surface area contributed by atoms with Gasteiger partial charge in [-0.2, -0.15) is 0 Å². The molecule has 0 amide bonds. The fraction of sp³-hybridized carbons (Fsp3) is 0.429. The first kappa shape index (κ1) is 13.4. The molecule has 1 aromatic rings. The van der Waals surface area contributed by atoms with Crippen molar-refractivity contribution in [1.82, 2.24) is 0 Å². The third-order valence-corrected chi connectivity index (χ3v) is 2.01. The average Bonchev–Trinajstić information content (AvgIpc) is 2.33. The van der Waals surface area contributed by atoms with Gasteiger partial charge in [0.05, 0.1) is 19.8 Å². The van der Waals surface area contributed by atoms with Crippen molar-refractivity contribution in [2.45, 2.75) is 20.3 Å². The molecule has 17 heavy (non-hydrogen) atoms. The highest BCUT2D eigenvalue weighted by Gasteiger charge is 2.04. The maximum atomic E-state index is 8.65. The molecule has 3 nitrogen and oxygen atoms in total. The molecule has 0 aliphatic carbocycles. The highest BCUT2D eigenvalue weighted by molar-refractivity contribution is 5.48. The first-order chi connectivity index (χ1) is 8.31. The normalized spacial score (nSPS) is 9.35. The fourth-order valence-corrected chi connectivity index (χ4v) is 1.35. The minimum atomic E-state index is 0.0857. The number of rotatable bonds is 5. The molecule has 0 saturated heterocycles. The Balaban J connectivity index is 2.89. The molecule has 1 aromatic carbocycles. The first-order valence-electron chi connectivity index (χ1n) is 5.81. The van der Waals surface area contributed by atoms with Crippen LogP contribution in [0.1, 0.15) is 25.8 Å². The van der Waals surface area contributed by atoms with Crippen molar-refractivity contribution in [2.75, 3.05) is 19.8 Å². The maximum Gasteiger partial charge on any atom is 0.162 e. The van der Waals surface area contributed by atoms with Crippen molar-refractivity contribution < 1.29 is 14.6 Å². The van der Waals surface area contributed by atoms with E-state index < -0.39 is 0 Å². The van der Waals surface area contributed by atoms with Crippen LogP contribution >= 0.6 is 0 Å². The second kappa shape index (κ2) is 7.59. The number of aliphatic hydroxyl groups is 1. The Morgan fingerprint density at radius 3 is 2.47 bits per heavy atom. The lowest BCUT2D eigenvalue weighted by Gasteiger charge is -2.10. The first-order valence-corrected chi connectivity index (χ1v) is 5.81. The fourth-order valence-electron chi connectivity index (χ4n) is 1.35. The van der Waals surface area contributed by atoms with Crippen LogP contribution in [0.15, 0.2) is 18.2 Å². The van der Waals surface area contributed by atoms with E-state index >= 15 is 0 Å². The summed E-state index contributed by atoms with van der Waals surface area (Å²) < 4.78 is 11.0. The van der Waals surface area contributed by atoms with Gasteiger partial charge in [0.2, 0.25) is 0 Å². The van der Waals surface area contributed by atoms with E-state index in [0.717, 1.165) is 11.3 Å². The zero-order valence-corrected chi connectivity index (χ0v) is 10.3. The highest BCUT2D eigenvalue weighted by atomic mass is 16.5. The van der Waals surface area contributed by atoms with E-state index in [-0.39, 0.29) is 6.61 Å². The molecule has 3 heteroatoms. The molecular weight excluding hydrogens is 216 g/mol. The van der Waals surface area contributed by atoms with E-state index in [1.54, 1.807) is 0 Å². The molecule has 0 fully saturated rings. The molecule has 1 N–H and O–H groups in total. The van der Waals surface area contributed by atoms with Gasteiger partial charge in [-0.05, 0) is 32.0 Å². The summed E-state index contributed by atoms with van der Waals surface area (Å²) in [6.07, 6.45) is 0.483. The monoisotopic (exact) mass is 234 g/mol. The summed E-state index contributed by atoms with van der Waals surface area (Å²) >= 11 is 0. The van der Waals surface area contributed by atoms with Crippen molar-refractivity contribution >= 4 is 0 Å². The number of ether oxygens (including phenoxy) is 2. The van der Waals surface area contributed by atoms with Crippen LogP contribution in [0.4, 0.5) is 0 Å². The van der Waals surface area contributed by atoms with E-state index in [9.17, 15) is 0 Å². The van der Waals surface area contributed by atoms with E-state index in [0.29, 0.717) is 25.4 Å². The van der Waals surface area contributed by atoms with Crippen LogP contribution in [-0.2, 0) is 0 Å². The van der Waals surface area contributed by atoms with E-state index in [2.05, 4.69) is 11.8 Å². The van der Waals surface area contributed by atoms with Crippen LogP contribution in [-0.4, -0.2) is 24.9 Å². The van der Waals surface area contributed by atoms with Gasteiger partial charge >= 0.3 is 0 Å². The van der Waals surface area contributed by atoms with Crippen LogP contribution in [0.25, 0.3) is 0 Å². The minimum absolute atomic E-state index is 0.0857. The predicted molar refractivity (Wildman–Crippen MR) is 67.4 cm³/mol. The molecular formula is C14H18O3. The minimum Gasteiger partial charge on any atom is -0.490 e. The molecule has 0 heterocycles. The van der Waals surface area contributed by atoms with Crippen LogP contribution in [0.2, 0.25) is 0 Å². The van der Waals surface area contributed by atoms with Gasteiger partial charge < -0.3 is 14.6 Å². The molecule has 0 radical (unpaired) electrons. The largest absolute Gasteiger partial charge is 0.490 e. The molecule has 0 atom stereocenters. The maximum absolute atomic E-state index is 8.65. The topological polar surface area (TPSA) is 38.7 Å². The zero-order chi connectivity index (χ0) is 12.5. The predicted octanol–water partition coefficient (Wildman–Crippen LogP) is 2.22. The van der Waals surface area contributed by atoms with E-state index in [1.807, 2.05) is 32.0 Å². The molecule has 0 spiro atoms. The zero-order valence-electron chi connectivity index (χ0n) is 10.3. The van der Waals surface area contributed by atoms with Gasteiger partial charge in [-0.15, -0.1) is 0 Å². The third-order valence-electron chi connectivity index (χ3n) is 2.01. The van der Waals surface area contributed by atoms with Gasteiger partial charge in [-0.1, -0.05) is 11.8 Å². The van der Waals surface area contributed by atoms with Crippen LogP contribution in [0.3, 0.4) is 0 Å². The Morgan fingerprint density at radius 2 is 1.82 bits per heavy atom. The average molecular weight is 234 g/mol. The molecule has 0 aliphatic rings. The van der Waals surface area contributed by atoms with E-state index in [1.165, 1.54) is 0 Å². The third kappa shape index (κ3) is 4.38.